The summed E-state index contributed by atoms with van der Waals surface area (Å²) < 4.78 is 38.1. The van der Waals surface area contributed by atoms with Crippen LogP contribution >= 0.6 is 0 Å². The summed E-state index contributed by atoms with van der Waals surface area (Å²) in [6, 6.07) is 6.84. The molecular weight excluding hydrogens is 261 g/mol. The topological polar surface area (TPSA) is 66.0 Å². The van der Waals surface area contributed by atoms with Crippen LogP contribution < -0.4 is 0 Å². The van der Waals surface area contributed by atoms with Crippen LogP contribution in [0, 0.1) is 5.92 Å². The van der Waals surface area contributed by atoms with E-state index in [1.807, 2.05) is 0 Å². The van der Waals surface area contributed by atoms with Crippen LogP contribution in [0.25, 0.3) is 11.0 Å². The number of aromatic amines is 1. The average molecular weight is 272 g/mol. The van der Waals surface area contributed by atoms with Gasteiger partial charge in [-0.15, -0.1) is 0 Å². The zero-order valence-corrected chi connectivity index (χ0v) is 9.74. The summed E-state index contributed by atoms with van der Waals surface area (Å²) in [6.07, 6.45) is -5.98. The lowest BCUT2D eigenvalue weighted by Gasteiger charge is -2.17. The fraction of sp³-hybridized carbons (Fsp3) is 0.333. The third-order valence-corrected chi connectivity index (χ3v) is 2.76. The lowest BCUT2D eigenvalue weighted by Crippen LogP contribution is -2.28. The molecule has 0 aliphatic carbocycles. The Morgan fingerprint density at radius 1 is 1.37 bits per heavy atom. The van der Waals surface area contributed by atoms with Gasteiger partial charge in [-0.2, -0.15) is 13.2 Å². The number of carboxylic acid groups (broad SMARTS) is 1. The first-order valence-electron chi connectivity index (χ1n) is 5.58. The Hall–Kier alpha value is -2.05. The maximum Gasteiger partial charge on any atom is 0.392 e. The number of halogens is 3. The van der Waals surface area contributed by atoms with Crippen molar-refractivity contribution in [2.24, 2.45) is 5.92 Å². The smallest absolute Gasteiger partial charge is 0.392 e. The number of imidazole rings is 1. The van der Waals surface area contributed by atoms with Gasteiger partial charge >= 0.3 is 12.1 Å². The summed E-state index contributed by atoms with van der Waals surface area (Å²) in [5.41, 5.74) is 1.20. The second-order valence-electron chi connectivity index (χ2n) is 4.24. The Morgan fingerprint density at radius 2 is 2.05 bits per heavy atom. The third kappa shape index (κ3) is 3.24. The van der Waals surface area contributed by atoms with Crippen molar-refractivity contribution in [2.45, 2.75) is 19.0 Å². The first-order chi connectivity index (χ1) is 8.86. The van der Waals surface area contributed by atoms with Crippen molar-refractivity contribution in [3.8, 4) is 0 Å². The van der Waals surface area contributed by atoms with Crippen molar-refractivity contribution in [3.63, 3.8) is 0 Å². The highest BCUT2D eigenvalue weighted by Gasteiger charge is 2.41. The minimum atomic E-state index is -4.56. The molecule has 0 bridgehead atoms. The molecule has 2 rings (SSSR count). The number of aromatic nitrogens is 2. The summed E-state index contributed by atoms with van der Waals surface area (Å²) >= 11 is 0. The van der Waals surface area contributed by atoms with Crippen LogP contribution in [0.1, 0.15) is 12.2 Å². The average Bonchev–Trinajstić information content (AvgIpc) is 2.68. The number of carboxylic acids is 1. The number of H-pyrrole nitrogens is 1. The number of nitrogens with zero attached hydrogens (tertiary/aromatic N) is 1. The number of hydrogen-bond acceptors (Lipinski definition) is 2. The van der Waals surface area contributed by atoms with Crippen molar-refractivity contribution in [3.05, 3.63) is 30.1 Å². The Morgan fingerprint density at radius 3 is 2.63 bits per heavy atom. The Kier molecular flexibility index (Phi) is 3.46. The normalized spacial score (nSPS) is 13.6. The molecule has 2 aromatic rings. The molecule has 0 unspecified atom stereocenters. The third-order valence-electron chi connectivity index (χ3n) is 2.76. The van der Waals surface area contributed by atoms with Crippen LogP contribution in [0.5, 0.6) is 0 Å². The number of fused-ring (bicyclic) bond motifs is 1. The maximum atomic E-state index is 12.7. The van der Waals surface area contributed by atoms with Crippen LogP contribution in [-0.4, -0.2) is 27.2 Å². The van der Waals surface area contributed by atoms with Crippen LogP contribution in [0.15, 0.2) is 24.3 Å². The maximum absolute atomic E-state index is 12.7. The molecule has 4 nitrogen and oxygen atoms in total. The van der Waals surface area contributed by atoms with E-state index in [4.69, 9.17) is 5.11 Å². The summed E-state index contributed by atoms with van der Waals surface area (Å²) in [7, 11) is 0. The lowest BCUT2D eigenvalue weighted by molar-refractivity contribution is -0.182. The van der Waals surface area contributed by atoms with Crippen LogP contribution in [0.2, 0.25) is 0 Å². The molecule has 1 aromatic heterocycles. The Labute approximate surface area is 106 Å². The minimum absolute atomic E-state index is 0.143. The molecule has 1 aromatic carbocycles. The highest BCUT2D eigenvalue weighted by molar-refractivity contribution is 5.74. The van der Waals surface area contributed by atoms with Crippen LogP contribution in [-0.2, 0) is 11.2 Å². The predicted molar refractivity (Wildman–Crippen MR) is 61.6 cm³/mol. The van der Waals surface area contributed by atoms with E-state index in [0.717, 1.165) is 0 Å². The van der Waals surface area contributed by atoms with Crippen molar-refractivity contribution in [2.75, 3.05) is 0 Å². The van der Waals surface area contributed by atoms with Crippen molar-refractivity contribution >= 4 is 17.0 Å². The lowest BCUT2D eigenvalue weighted by atomic mass is 10.0. The van der Waals surface area contributed by atoms with E-state index < -0.39 is 30.9 Å². The molecule has 0 aliphatic rings. The van der Waals surface area contributed by atoms with E-state index in [2.05, 4.69) is 9.97 Å². The largest absolute Gasteiger partial charge is 0.481 e. The molecule has 102 valence electrons. The number of rotatable bonds is 4. The summed E-state index contributed by atoms with van der Waals surface area (Å²) in [5.74, 6) is -3.27. The first kappa shape index (κ1) is 13.4. The molecular formula is C12H11F3N2O2. The molecule has 2 N–H and O–H groups in total. The van der Waals surface area contributed by atoms with Crippen LogP contribution in [0.3, 0.4) is 0 Å². The molecule has 0 saturated carbocycles. The van der Waals surface area contributed by atoms with Gasteiger partial charge in [0.05, 0.1) is 23.4 Å². The van der Waals surface area contributed by atoms with E-state index in [0.29, 0.717) is 11.0 Å². The fourth-order valence-corrected chi connectivity index (χ4v) is 1.85. The van der Waals surface area contributed by atoms with Crippen molar-refractivity contribution in [1.29, 1.82) is 0 Å². The standard InChI is InChI=1S/C12H11F3N2O2/c13-12(14,15)7(6-11(18)19)5-10-16-8-3-1-2-4-9(8)17-10/h1-4,7H,5-6H2,(H,16,17)(H,18,19)/t7-/m0/s1. The summed E-state index contributed by atoms with van der Waals surface area (Å²) in [4.78, 5) is 17.3. The van der Waals surface area contributed by atoms with E-state index in [1.165, 1.54) is 0 Å². The molecule has 0 saturated heterocycles. The molecule has 1 atom stereocenters. The quantitative estimate of drug-likeness (QED) is 0.899. The molecule has 0 amide bonds. The van der Waals surface area contributed by atoms with Gasteiger partial charge in [-0.05, 0) is 12.1 Å². The van der Waals surface area contributed by atoms with Crippen molar-refractivity contribution in [1.82, 2.24) is 9.97 Å². The van der Waals surface area contributed by atoms with Gasteiger partial charge in [0.15, 0.2) is 0 Å². The van der Waals surface area contributed by atoms with E-state index in [1.54, 1.807) is 24.3 Å². The number of hydrogen-bond donors (Lipinski definition) is 2. The zero-order chi connectivity index (χ0) is 14.0. The van der Waals surface area contributed by atoms with E-state index >= 15 is 0 Å². The molecule has 19 heavy (non-hydrogen) atoms. The zero-order valence-electron chi connectivity index (χ0n) is 9.74. The highest BCUT2D eigenvalue weighted by atomic mass is 19.4. The van der Waals surface area contributed by atoms with Gasteiger partial charge in [0.25, 0.3) is 0 Å². The Balaban J connectivity index is 2.23. The number of alkyl halides is 3. The molecule has 7 heteroatoms. The molecule has 1 heterocycles. The van der Waals surface area contributed by atoms with Gasteiger partial charge in [-0.25, -0.2) is 4.98 Å². The minimum Gasteiger partial charge on any atom is -0.481 e. The van der Waals surface area contributed by atoms with Gasteiger partial charge in [-0.1, -0.05) is 12.1 Å². The number of carbonyl (C=O) groups is 1. The fourth-order valence-electron chi connectivity index (χ4n) is 1.85. The molecule has 0 radical (unpaired) electrons. The second kappa shape index (κ2) is 4.91. The number of nitrogens with one attached hydrogen (secondary N) is 1. The van der Waals surface area contributed by atoms with Crippen molar-refractivity contribution < 1.29 is 23.1 Å². The number of para-hydroxylation sites is 2. The van der Waals surface area contributed by atoms with Crippen LogP contribution in [0.4, 0.5) is 13.2 Å². The monoisotopic (exact) mass is 272 g/mol. The Bertz CT molecular complexity index is 559. The van der Waals surface area contributed by atoms with Gasteiger partial charge in [0, 0.05) is 6.42 Å². The van der Waals surface area contributed by atoms with Gasteiger partial charge in [0.1, 0.15) is 5.82 Å². The van der Waals surface area contributed by atoms with E-state index in [-0.39, 0.29) is 5.82 Å². The molecule has 0 fully saturated rings. The SMILES string of the molecule is O=C(O)C[C@H](Cc1nc2ccccc2[nH]1)C(F)(F)F. The highest BCUT2D eigenvalue weighted by Crippen LogP contribution is 2.31. The number of aliphatic carboxylic acids is 1. The summed E-state index contributed by atoms with van der Waals surface area (Å²) in [5, 5.41) is 8.53. The summed E-state index contributed by atoms with van der Waals surface area (Å²) in [6.45, 7) is 0. The van der Waals surface area contributed by atoms with Gasteiger partial charge in [0.2, 0.25) is 0 Å². The number of benzene rings is 1. The van der Waals surface area contributed by atoms with Gasteiger partial charge < -0.3 is 10.1 Å². The van der Waals surface area contributed by atoms with Gasteiger partial charge in [-0.3, -0.25) is 4.79 Å². The van der Waals surface area contributed by atoms with E-state index in [9.17, 15) is 18.0 Å². The first-order valence-corrected chi connectivity index (χ1v) is 5.58. The molecule has 0 spiro atoms. The molecule has 0 aliphatic heterocycles. The predicted octanol–water partition coefficient (Wildman–Crippen LogP) is 2.76. The second-order valence-corrected chi connectivity index (χ2v) is 4.24.